The van der Waals surface area contributed by atoms with Gasteiger partial charge < -0.3 is 5.73 Å². The van der Waals surface area contributed by atoms with E-state index in [4.69, 9.17) is 17.3 Å². The van der Waals surface area contributed by atoms with Crippen molar-refractivity contribution in [2.45, 2.75) is 4.90 Å². The monoisotopic (exact) mass is 336 g/mol. The van der Waals surface area contributed by atoms with Gasteiger partial charge >= 0.3 is 0 Å². The molecular formula is C12H8ClF3N2O2S. The van der Waals surface area contributed by atoms with E-state index in [2.05, 4.69) is 0 Å². The van der Waals surface area contributed by atoms with E-state index < -0.39 is 32.4 Å². The van der Waals surface area contributed by atoms with E-state index in [1.165, 1.54) is 0 Å². The van der Waals surface area contributed by atoms with Crippen LogP contribution < -0.4 is 10.5 Å². The number of hydrogen-bond donors (Lipinski definition) is 2. The lowest BCUT2D eigenvalue weighted by Crippen LogP contribution is -2.16. The van der Waals surface area contributed by atoms with Crippen LogP contribution in [-0.2, 0) is 10.0 Å². The molecule has 0 heterocycles. The van der Waals surface area contributed by atoms with Crippen molar-refractivity contribution < 1.29 is 21.6 Å². The van der Waals surface area contributed by atoms with Gasteiger partial charge in [0.2, 0.25) is 0 Å². The van der Waals surface area contributed by atoms with Crippen LogP contribution in [0.15, 0.2) is 35.2 Å². The number of rotatable bonds is 3. The highest BCUT2D eigenvalue weighted by Gasteiger charge is 2.25. The lowest BCUT2D eigenvalue weighted by atomic mass is 10.3. The summed E-state index contributed by atoms with van der Waals surface area (Å²) in [5, 5.41) is -0.339. The normalized spacial score (nSPS) is 11.4. The number of hydrogen-bond acceptors (Lipinski definition) is 3. The van der Waals surface area contributed by atoms with Gasteiger partial charge in [-0.2, -0.15) is 0 Å². The first-order valence-electron chi connectivity index (χ1n) is 5.43. The molecule has 0 radical (unpaired) electrons. The molecule has 21 heavy (non-hydrogen) atoms. The molecule has 4 nitrogen and oxygen atoms in total. The molecule has 0 amide bonds. The minimum absolute atomic E-state index is 0.142. The summed E-state index contributed by atoms with van der Waals surface area (Å²) in [6.07, 6.45) is 0. The Bertz CT molecular complexity index is 789. The topological polar surface area (TPSA) is 72.2 Å². The van der Waals surface area contributed by atoms with Gasteiger partial charge in [0.15, 0.2) is 4.90 Å². The largest absolute Gasteiger partial charge is 0.399 e. The molecule has 112 valence electrons. The maximum atomic E-state index is 13.6. The smallest absolute Gasteiger partial charge is 0.267 e. The van der Waals surface area contributed by atoms with E-state index >= 15 is 0 Å². The van der Waals surface area contributed by atoms with Crippen LogP contribution in [0.3, 0.4) is 0 Å². The fourth-order valence-corrected chi connectivity index (χ4v) is 2.95. The highest BCUT2D eigenvalue weighted by Crippen LogP contribution is 2.26. The third kappa shape index (κ3) is 3.22. The molecular weight excluding hydrogens is 329 g/mol. The Kier molecular flexibility index (Phi) is 4.02. The van der Waals surface area contributed by atoms with E-state index in [0.717, 1.165) is 18.2 Å². The van der Waals surface area contributed by atoms with E-state index in [1.807, 2.05) is 4.72 Å². The van der Waals surface area contributed by atoms with Crippen molar-refractivity contribution in [1.82, 2.24) is 0 Å². The second-order valence-corrected chi connectivity index (χ2v) is 6.07. The lowest BCUT2D eigenvalue weighted by molar-refractivity contribution is 0.522. The van der Waals surface area contributed by atoms with Gasteiger partial charge in [0.1, 0.15) is 17.5 Å². The molecule has 2 rings (SSSR count). The predicted octanol–water partition coefficient (Wildman–Crippen LogP) is 3.14. The number of nitrogen functional groups attached to an aromatic ring is 1. The minimum Gasteiger partial charge on any atom is -0.399 e. The molecule has 0 unspecified atom stereocenters. The van der Waals surface area contributed by atoms with Gasteiger partial charge in [-0.1, -0.05) is 11.6 Å². The maximum absolute atomic E-state index is 13.6. The first kappa shape index (κ1) is 15.5. The van der Waals surface area contributed by atoms with E-state index in [1.54, 1.807) is 0 Å². The molecule has 0 aliphatic rings. The summed E-state index contributed by atoms with van der Waals surface area (Å²) in [5.74, 6) is -3.44. The second-order valence-electron chi connectivity index (χ2n) is 4.05. The zero-order chi connectivity index (χ0) is 15.8. The Morgan fingerprint density at radius 1 is 1.00 bits per heavy atom. The Labute approximate surface area is 123 Å². The molecule has 0 aliphatic carbocycles. The van der Waals surface area contributed by atoms with Crippen molar-refractivity contribution in [3.05, 3.63) is 52.8 Å². The van der Waals surface area contributed by atoms with Gasteiger partial charge in [-0.25, -0.2) is 21.6 Å². The fourth-order valence-electron chi connectivity index (χ4n) is 1.60. The molecule has 9 heteroatoms. The maximum Gasteiger partial charge on any atom is 0.267 e. The van der Waals surface area contributed by atoms with Crippen LogP contribution in [-0.4, -0.2) is 8.42 Å². The summed E-state index contributed by atoms with van der Waals surface area (Å²) in [6.45, 7) is 0. The average molecular weight is 337 g/mol. The second kappa shape index (κ2) is 5.45. The Morgan fingerprint density at radius 2 is 1.57 bits per heavy atom. The van der Waals surface area contributed by atoms with Gasteiger partial charge in [-0.15, -0.1) is 0 Å². The summed E-state index contributed by atoms with van der Waals surface area (Å²) >= 11 is 5.50. The quantitative estimate of drug-likeness (QED) is 0.846. The van der Waals surface area contributed by atoms with Crippen LogP contribution in [0.1, 0.15) is 0 Å². The molecule has 0 spiro atoms. The average Bonchev–Trinajstić information content (AvgIpc) is 2.31. The van der Waals surface area contributed by atoms with Gasteiger partial charge in [0.05, 0.1) is 10.7 Å². The highest BCUT2D eigenvalue weighted by atomic mass is 35.5. The summed E-state index contributed by atoms with van der Waals surface area (Å²) in [5.41, 5.74) is 4.81. The zero-order valence-electron chi connectivity index (χ0n) is 10.2. The summed E-state index contributed by atoms with van der Waals surface area (Å²) in [4.78, 5) is -1.18. The van der Waals surface area contributed by atoms with Crippen molar-refractivity contribution in [2.24, 2.45) is 0 Å². The summed E-state index contributed by atoms with van der Waals surface area (Å²) < 4.78 is 66.1. The van der Waals surface area contributed by atoms with Gasteiger partial charge in [0, 0.05) is 5.69 Å². The molecule has 0 saturated heterocycles. The van der Waals surface area contributed by atoms with Gasteiger partial charge in [0.25, 0.3) is 10.0 Å². The first-order valence-corrected chi connectivity index (χ1v) is 7.29. The van der Waals surface area contributed by atoms with Crippen LogP contribution in [0, 0.1) is 17.5 Å². The first-order chi connectivity index (χ1) is 9.70. The SMILES string of the molecule is Nc1cc(F)c(S(=O)(=O)Nc2ccc(F)c(Cl)c2)c(F)c1. The molecule has 0 fully saturated rings. The highest BCUT2D eigenvalue weighted by molar-refractivity contribution is 7.92. The van der Waals surface area contributed by atoms with Crippen LogP contribution >= 0.6 is 11.6 Å². The molecule has 0 atom stereocenters. The third-order valence-electron chi connectivity index (χ3n) is 2.46. The standard InChI is InChI=1S/C12H8ClF3N2O2S/c13-8-5-7(1-2-9(8)14)18-21(19,20)12-10(15)3-6(17)4-11(12)16/h1-5,18H,17H2. The number of nitrogens with one attached hydrogen (secondary N) is 1. The van der Waals surface area contributed by atoms with Crippen LogP contribution in [0.4, 0.5) is 24.5 Å². The summed E-state index contributed by atoms with van der Waals surface area (Å²) in [6, 6.07) is 4.30. The van der Waals surface area contributed by atoms with Crippen molar-refractivity contribution >= 4 is 33.0 Å². The predicted molar refractivity (Wildman–Crippen MR) is 73.0 cm³/mol. The van der Waals surface area contributed by atoms with Crippen LogP contribution in [0.25, 0.3) is 0 Å². The molecule has 3 N–H and O–H groups in total. The number of halogens is 4. The molecule has 0 saturated carbocycles. The van der Waals surface area contributed by atoms with Crippen LogP contribution in [0.5, 0.6) is 0 Å². The molecule has 0 aromatic heterocycles. The molecule has 0 bridgehead atoms. The van der Waals surface area contributed by atoms with E-state index in [9.17, 15) is 21.6 Å². The minimum atomic E-state index is -4.56. The Hall–Kier alpha value is -1.93. The van der Waals surface area contributed by atoms with E-state index in [-0.39, 0.29) is 16.4 Å². The van der Waals surface area contributed by atoms with E-state index in [0.29, 0.717) is 12.1 Å². The third-order valence-corrected chi connectivity index (χ3v) is 4.18. The van der Waals surface area contributed by atoms with Crippen molar-refractivity contribution in [1.29, 1.82) is 0 Å². The number of sulfonamides is 1. The van der Waals surface area contributed by atoms with Crippen LogP contribution in [0.2, 0.25) is 5.02 Å². The van der Waals surface area contributed by atoms with Crippen molar-refractivity contribution in [3.8, 4) is 0 Å². The van der Waals surface area contributed by atoms with Gasteiger partial charge in [-0.3, -0.25) is 4.72 Å². The van der Waals surface area contributed by atoms with Gasteiger partial charge in [-0.05, 0) is 30.3 Å². The number of benzene rings is 2. The number of anilines is 2. The van der Waals surface area contributed by atoms with Crippen molar-refractivity contribution in [3.63, 3.8) is 0 Å². The molecule has 0 aliphatic heterocycles. The fraction of sp³-hybridized carbons (Fsp3) is 0. The Morgan fingerprint density at radius 3 is 2.10 bits per heavy atom. The lowest BCUT2D eigenvalue weighted by Gasteiger charge is -2.10. The zero-order valence-corrected chi connectivity index (χ0v) is 11.8. The summed E-state index contributed by atoms with van der Waals surface area (Å²) in [7, 11) is -4.56. The number of nitrogens with two attached hydrogens (primary N) is 1. The van der Waals surface area contributed by atoms with Crippen molar-refractivity contribution in [2.75, 3.05) is 10.5 Å². The Balaban J connectivity index is 2.46. The molecule has 2 aromatic carbocycles. The molecule has 2 aromatic rings.